The zero-order valence-corrected chi connectivity index (χ0v) is 19.7. The number of aliphatic imine (C=N–C) groups is 1. The van der Waals surface area contributed by atoms with Crippen LogP contribution in [-0.4, -0.2) is 61.6 Å². The van der Waals surface area contributed by atoms with Crippen LogP contribution in [0, 0.1) is 0 Å². The Morgan fingerprint density at radius 3 is 2.48 bits per heavy atom. The molecule has 174 valence electrons. The van der Waals surface area contributed by atoms with E-state index < -0.39 is 0 Å². The first-order chi connectivity index (χ1) is 16.0. The third kappa shape index (κ3) is 5.95. The zero-order valence-electron chi connectivity index (χ0n) is 19.7. The lowest BCUT2D eigenvalue weighted by Crippen LogP contribution is -2.33. The summed E-state index contributed by atoms with van der Waals surface area (Å²) < 4.78 is 11.0. The van der Waals surface area contributed by atoms with Crippen molar-refractivity contribution in [1.29, 1.82) is 0 Å². The van der Waals surface area contributed by atoms with Gasteiger partial charge in [-0.2, -0.15) is 0 Å². The number of aromatic nitrogens is 3. The molecule has 0 saturated carbocycles. The number of hydrogen-bond acceptors (Lipinski definition) is 9. The molecule has 33 heavy (non-hydrogen) atoms. The van der Waals surface area contributed by atoms with Crippen LogP contribution >= 0.6 is 0 Å². The largest absolute Gasteiger partial charge is 0.497 e. The van der Waals surface area contributed by atoms with Gasteiger partial charge in [0.1, 0.15) is 22.8 Å². The molecular weight excluding hydrogens is 418 g/mol. The first kappa shape index (κ1) is 23.9. The number of nitrogens with zero attached hydrogens (tertiary/aromatic N) is 5. The molecule has 0 aliphatic rings. The van der Waals surface area contributed by atoms with Gasteiger partial charge < -0.3 is 25.4 Å². The smallest absolute Gasteiger partial charge is 0.180 e. The van der Waals surface area contributed by atoms with Crippen molar-refractivity contribution < 1.29 is 9.47 Å². The van der Waals surface area contributed by atoms with Crippen LogP contribution in [0.1, 0.15) is 19.5 Å². The highest BCUT2D eigenvalue weighted by atomic mass is 16.5. The lowest BCUT2D eigenvalue weighted by Gasteiger charge is -2.25. The predicted octanol–water partition coefficient (Wildman–Crippen LogP) is 3.18. The Morgan fingerprint density at radius 1 is 1.15 bits per heavy atom. The Morgan fingerprint density at radius 2 is 1.88 bits per heavy atom. The number of methoxy groups -OCH3 is 2. The number of pyridine rings is 1. The first-order valence-electron chi connectivity index (χ1n) is 10.7. The summed E-state index contributed by atoms with van der Waals surface area (Å²) in [5.41, 5.74) is 9.13. The van der Waals surface area contributed by atoms with Gasteiger partial charge in [-0.15, -0.1) is 0 Å². The van der Waals surface area contributed by atoms with Crippen LogP contribution in [0.5, 0.6) is 11.5 Å². The maximum absolute atomic E-state index is 5.74. The van der Waals surface area contributed by atoms with Gasteiger partial charge in [0.25, 0.3) is 0 Å². The third-order valence-electron chi connectivity index (χ3n) is 4.95. The van der Waals surface area contributed by atoms with E-state index in [9.17, 15) is 0 Å². The van der Waals surface area contributed by atoms with E-state index >= 15 is 0 Å². The maximum atomic E-state index is 5.74. The number of allylic oxidation sites excluding steroid dienone is 1. The van der Waals surface area contributed by atoms with E-state index in [-0.39, 0.29) is 0 Å². The lowest BCUT2D eigenvalue weighted by atomic mass is 10.2. The molecule has 1 aromatic carbocycles. The number of nitrogens with two attached hydrogens (primary N) is 1. The van der Waals surface area contributed by atoms with E-state index in [2.05, 4.69) is 39.0 Å². The molecule has 0 aliphatic heterocycles. The fourth-order valence-electron chi connectivity index (χ4n) is 3.30. The minimum atomic E-state index is 0.367. The highest BCUT2D eigenvalue weighted by Gasteiger charge is 2.15. The Bertz CT molecular complexity index is 1120. The summed E-state index contributed by atoms with van der Waals surface area (Å²) >= 11 is 0. The van der Waals surface area contributed by atoms with Gasteiger partial charge in [0, 0.05) is 68.1 Å². The Kier molecular flexibility index (Phi) is 8.15. The van der Waals surface area contributed by atoms with Gasteiger partial charge in [0.15, 0.2) is 5.65 Å². The van der Waals surface area contributed by atoms with E-state index in [0.717, 1.165) is 18.1 Å². The molecule has 0 atom stereocenters. The van der Waals surface area contributed by atoms with Gasteiger partial charge in [-0.05, 0) is 12.1 Å². The van der Waals surface area contributed by atoms with Gasteiger partial charge >= 0.3 is 0 Å². The normalized spacial score (nSPS) is 12.0. The summed E-state index contributed by atoms with van der Waals surface area (Å²) in [6.07, 6.45) is 4.77. The van der Waals surface area contributed by atoms with Crippen molar-refractivity contribution in [1.82, 2.24) is 20.3 Å². The van der Waals surface area contributed by atoms with Gasteiger partial charge in [0.05, 0.1) is 26.1 Å². The van der Waals surface area contributed by atoms with Crippen LogP contribution in [0.25, 0.3) is 16.7 Å². The molecule has 0 aliphatic carbocycles. The topological polar surface area (TPSA) is 111 Å². The predicted molar refractivity (Wildman–Crippen MR) is 134 cm³/mol. The molecule has 3 aromatic rings. The van der Waals surface area contributed by atoms with Crippen LogP contribution < -0.4 is 25.4 Å². The minimum absolute atomic E-state index is 0.367. The van der Waals surface area contributed by atoms with Crippen molar-refractivity contribution in [2.75, 3.05) is 39.3 Å². The number of hydrogen-bond donors (Lipinski definition) is 2. The van der Waals surface area contributed by atoms with Gasteiger partial charge in [-0.25, -0.2) is 9.97 Å². The van der Waals surface area contributed by atoms with E-state index in [1.165, 1.54) is 6.20 Å². The maximum Gasteiger partial charge on any atom is 0.180 e. The lowest BCUT2D eigenvalue weighted by molar-refractivity contribution is 0.394. The summed E-state index contributed by atoms with van der Waals surface area (Å²) in [6.45, 7) is 5.67. The summed E-state index contributed by atoms with van der Waals surface area (Å²) in [5, 5.41) is 3.46. The van der Waals surface area contributed by atoms with E-state index in [1.54, 1.807) is 33.7 Å². The summed E-state index contributed by atoms with van der Waals surface area (Å²) in [4.78, 5) is 20.1. The molecule has 9 heteroatoms. The fraction of sp³-hybridized carbons (Fsp3) is 0.333. The Hall–Kier alpha value is -3.72. The molecule has 0 radical (unpaired) electrons. The first-order valence-corrected chi connectivity index (χ1v) is 10.7. The third-order valence-corrected chi connectivity index (χ3v) is 4.95. The number of ether oxygens (including phenoxy) is 2. The van der Waals surface area contributed by atoms with Crippen molar-refractivity contribution in [2.24, 2.45) is 10.7 Å². The van der Waals surface area contributed by atoms with Crippen molar-refractivity contribution in [3.63, 3.8) is 0 Å². The molecule has 0 bridgehead atoms. The number of fused-ring (bicyclic) bond motifs is 1. The molecule has 0 fully saturated rings. The van der Waals surface area contributed by atoms with Crippen molar-refractivity contribution >= 4 is 34.5 Å². The number of benzene rings is 1. The molecule has 2 heterocycles. The molecule has 0 spiro atoms. The molecule has 0 amide bonds. The molecule has 3 rings (SSSR count). The number of rotatable bonds is 10. The highest BCUT2D eigenvalue weighted by molar-refractivity contribution is 6.09. The Labute approximate surface area is 194 Å². The summed E-state index contributed by atoms with van der Waals surface area (Å²) in [6, 6.07) is 9.97. The number of anilines is 2. The summed E-state index contributed by atoms with van der Waals surface area (Å²) in [7, 11) is 4.95. The zero-order chi connectivity index (χ0) is 23.8. The standard InChI is InChI=1S/C24H31N7O2/c1-16(2)27-8-9-31(18-10-19(32-4)12-20(11-18)33-5)23-7-6-21-24(30-23)29-22(15-28-21)17(13-25)14-26-3/h6-7,10-16,27H,8-9,25H2,1-5H3. The van der Waals surface area contributed by atoms with E-state index in [0.29, 0.717) is 46.5 Å². The second kappa shape index (κ2) is 11.2. The van der Waals surface area contributed by atoms with Crippen LogP contribution in [0.15, 0.2) is 47.7 Å². The quantitative estimate of drug-likeness (QED) is 0.454. The molecule has 2 aromatic heterocycles. The second-order valence-electron chi connectivity index (χ2n) is 7.61. The highest BCUT2D eigenvalue weighted by Crippen LogP contribution is 2.32. The summed E-state index contributed by atoms with van der Waals surface area (Å²) in [5.74, 6) is 2.13. The average Bonchev–Trinajstić information content (AvgIpc) is 2.84. The van der Waals surface area contributed by atoms with Gasteiger partial charge in [0.2, 0.25) is 0 Å². The van der Waals surface area contributed by atoms with E-state index in [1.807, 2.05) is 30.3 Å². The van der Waals surface area contributed by atoms with Crippen LogP contribution in [0.2, 0.25) is 0 Å². The van der Waals surface area contributed by atoms with Gasteiger partial charge in [-0.3, -0.25) is 9.98 Å². The van der Waals surface area contributed by atoms with Crippen molar-refractivity contribution in [3.05, 3.63) is 48.4 Å². The molecule has 0 unspecified atom stereocenters. The average molecular weight is 450 g/mol. The minimum Gasteiger partial charge on any atom is -0.497 e. The fourth-order valence-corrected chi connectivity index (χ4v) is 3.30. The molecule has 9 nitrogen and oxygen atoms in total. The van der Waals surface area contributed by atoms with Crippen LogP contribution in [-0.2, 0) is 0 Å². The molecular formula is C24H31N7O2. The van der Waals surface area contributed by atoms with Crippen molar-refractivity contribution in [2.45, 2.75) is 19.9 Å². The van der Waals surface area contributed by atoms with Crippen LogP contribution in [0.4, 0.5) is 11.5 Å². The second-order valence-corrected chi connectivity index (χ2v) is 7.61. The molecule has 3 N–H and O–H groups in total. The Balaban J connectivity index is 2.08. The van der Waals surface area contributed by atoms with Crippen LogP contribution in [0.3, 0.4) is 0 Å². The number of nitrogens with one attached hydrogen (secondary N) is 1. The molecule has 0 saturated heterocycles. The van der Waals surface area contributed by atoms with E-state index in [4.69, 9.17) is 20.2 Å². The monoisotopic (exact) mass is 449 g/mol. The SMILES string of the molecule is CN=CC(=CN)c1cnc2ccc(N(CCNC(C)C)c3cc(OC)cc(OC)c3)nc2n1. The van der Waals surface area contributed by atoms with Crippen molar-refractivity contribution in [3.8, 4) is 11.5 Å². The van der Waals surface area contributed by atoms with Gasteiger partial charge in [-0.1, -0.05) is 13.8 Å².